The van der Waals surface area contributed by atoms with Crippen molar-refractivity contribution in [2.45, 2.75) is 0 Å². The van der Waals surface area contributed by atoms with Gasteiger partial charge in [0.15, 0.2) is 0 Å². The predicted molar refractivity (Wildman–Crippen MR) is 50.6 cm³/mol. The predicted octanol–water partition coefficient (Wildman–Crippen LogP) is 0.434. The highest BCUT2D eigenvalue weighted by molar-refractivity contribution is 7.92. The first-order valence-corrected chi connectivity index (χ1v) is 5.31. The Bertz CT molecular complexity index is 428. The summed E-state index contributed by atoms with van der Waals surface area (Å²) in [6.45, 7) is 0. The molecule has 0 atom stereocenters. The molecule has 5 heteroatoms. The monoisotopic (exact) mass is 196 g/mol. The summed E-state index contributed by atoms with van der Waals surface area (Å²) in [7, 11) is -3.24. The van der Waals surface area contributed by atoms with Crippen molar-refractivity contribution in [3.05, 3.63) is 24.0 Å². The Morgan fingerprint density at radius 3 is 2.62 bits per heavy atom. The molecule has 68 valence electrons. The average molecular weight is 196 g/mol. The lowest BCUT2D eigenvalue weighted by molar-refractivity contribution is 0.607. The molecule has 0 aliphatic carbocycles. The molecule has 0 aromatic carbocycles. The van der Waals surface area contributed by atoms with Gasteiger partial charge in [-0.2, -0.15) is 0 Å². The molecule has 0 aliphatic heterocycles. The van der Waals surface area contributed by atoms with E-state index in [4.69, 9.17) is 6.42 Å². The second-order valence-electron chi connectivity index (χ2n) is 2.45. The molecule has 0 saturated carbocycles. The molecule has 0 radical (unpaired) electrons. The first-order chi connectivity index (χ1) is 6.01. The maximum absolute atomic E-state index is 10.8. The standard InChI is InChI=1S/C8H8N2O2S/c1-3-7-4-5-8(6-9-7)10-13(2,11)12/h1,4-6,10H,2H3. The summed E-state index contributed by atoms with van der Waals surface area (Å²) in [4.78, 5) is 3.82. The highest BCUT2D eigenvalue weighted by Crippen LogP contribution is 2.06. The SMILES string of the molecule is C#Cc1ccc(NS(C)(=O)=O)cn1. The molecule has 0 amide bonds. The molecule has 4 nitrogen and oxygen atoms in total. The highest BCUT2D eigenvalue weighted by atomic mass is 32.2. The fourth-order valence-electron chi connectivity index (χ4n) is 0.754. The molecule has 0 saturated heterocycles. The van der Waals surface area contributed by atoms with Crippen LogP contribution in [0.5, 0.6) is 0 Å². The van der Waals surface area contributed by atoms with E-state index in [2.05, 4.69) is 15.6 Å². The maximum atomic E-state index is 10.8. The molecule has 0 spiro atoms. The molecule has 1 rings (SSSR count). The van der Waals surface area contributed by atoms with Gasteiger partial charge in [-0.25, -0.2) is 13.4 Å². The molecule has 1 aromatic rings. The molecule has 0 aliphatic rings. The average Bonchev–Trinajstić information content (AvgIpc) is 2.03. The van der Waals surface area contributed by atoms with Crippen LogP contribution in [0.25, 0.3) is 0 Å². The lowest BCUT2D eigenvalue weighted by Gasteiger charge is -2.01. The van der Waals surface area contributed by atoms with Gasteiger partial charge < -0.3 is 0 Å². The molecule has 13 heavy (non-hydrogen) atoms. The second-order valence-corrected chi connectivity index (χ2v) is 4.20. The van der Waals surface area contributed by atoms with Gasteiger partial charge in [-0.05, 0) is 12.1 Å². The lowest BCUT2D eigenvalue weighted by atomic mass is 10.3. The molecular formula is C8H8N2O2S. The Morgan fingerprint density at radius 2 is 2.23 bits per heavy atom. The van der Waals surface area contributed by atoms with Crippen LogP contribution in [0.1, 0.15) is 5.69 Å². The number of terminal acetylenes is 1. The minimum Gasteiger partial charge on any atom is -0.282 e. The van der Waals surface area contributed by atoms with Gasteiger partial charge in [-0.3, -0.25) is 4.72 Å². The first kappa shape index (κ1) is 9.55. The highest BCUT2D eigenvalue weighted by Gasteiger charge is 2.00. The molecular weight excluding hydrogens is 188 g/mol. The van der Waals surface area contributed by atoms with E-state index in [1.54, 1.807) is 12.1 Å². The van der Waals surface area contributed by atoms with Gasteiger partial charge in [-0.15, -0.1) is 6.42 Å². The van der Waals surface area contributed by atoms with E-state index in [0.29, 0.717) is 11.4 Å². The number of pyridine rings is 1. The second kappa shape index (κ2) is 3.46. The van der Waals surface area contributed by atoms with E-state index >= 15 is 0 Å². The number of hydrogen-bond acceptors (Lipinski definition) is 3. The molecule has 0 bridgehead atoms. The number of nitrogens with one attached hydrogen (secondary N) is 1. The molecule has 1 heterocycles. The third-order valence-electron chi connectivity index (χ3n) is 1.21. The number of anilines is 1. The normalized spacial score (nSPS) is 10.5. The van der Waals surface area contributed by atoms with Crippen molar-refractivity contribution >= 4 is 15.7 Å². The van der Waals surface area contributed by atoms with Crippen molar-refractivity contribution in [1.82, 2.24) is 4.98 Å². The van der Waals surface area contributed by atoms with E-state index in [9.17, 15) is 8.42 Å². The van der Waals surface area contributed by atoms with Crippen LogP contribution in [-0.4, -0.2) is 19.7 Å². The van der Waals surface area contributed by atoms with Crippen molar-refractivity contribution in [2.24, 2.45) is 0 Å². The summed E-state index contributed by atoms with van der Waals surface area (Å²) in [6, 6.07) is 3.12. The van der Waals surface area contributed by atoms with Crippen LogP contribution >= 0.6 is 0 Å². The van der Waals surface area contributed by atoms with E-state index in [1.165, 1.54) is 6.20 Å². The van der Waals surface area contributed by atoms with Crippen molar-refractivity contribution in [1.29, 1.82) is 0 Å². The van der Waals surface area contributed by atoms with Crippen LogP contribution in [0.2, 0.25) is 0 Å². The van der Waals surface area contributed by atoms with Crippen LogP contribution in [0.15, 0.2) is 18.3 Å². The van der Waals surface area contributed by atoms with Crippen LogP contribution in [-0.2, 0) is 10.0 Å². The number of rotatable bonds is 2. The van der Waals surface area contributed by atoms with Crippen molar-refractivity contribution in [3.63, 3.8) is 0 Å². The summed E-state index contributed by atoms with van der Waals surface area (Å²) < 4.78 is 23.8. The van der Waals surface area contributed by atoms with E-state index < -0.39 is 10.0 Å². The largest absolute Gasteiger partial charge is 0.282 e. The van der Waals surface area contributed by atoms with Gasteiger partial charge in [0.25, 0.3) is 0 Å². The fourth-order valence-corrected chi connectivity index (χ4v) is 1.30. The minimum absolute atomic E-state index is 0.404. The van der Waals surface area contributed by atoms with Crippen molar-refractivity contribution in [3.8, 4) is 12.3 Å². The van der Waals surface area contributed by atoms with Crippen molar-refractivity contribution < 1.29 is 8.42 Å². The molecule has 1 aromatic heterocycles. The topological polar surface area (TPSA) is 59.1 Å². The smallest absolute Gasteiger partial charge is 0.229 e. The Morgan fingerprint density at radius 1 is 1.54 bits per heavy atom. The maximum Gasteiger partial charge on any atom is 0.229 e. The van der Waals surface area contributed by atoms with Gasteiger partial charge in [0, 0.05) is 0 Å². The van der Waals surface area contributed by atoms with Gasteiger partial charge >= 0.3 is 0 Å². The summed E-state index contributed by atoms with van der Waals surface area (Å²) >= 11 is 0. The summed E-state index contributed by atoms with van der Waals surface area (Å²) in [5.74, 6) is 2.33. The summed E-state index contributed by atoms with van der Waals surface area (Å²) in [6.07, 6.45) is 7.52. The van der Waals surface area contributed by atoms with E-state index in [0.717, 1.165) is 6.26 Å². The first-order valence-electron chi connectivity index (χ1n) is 3.42. The lowest BCUT2D eigenvalue weighted by Crippen LogP contribution is -2.09. The van der Waals surface area contributed by atoms with Crippen LogP contribution in [0.3, 0.4) is 0 Å². The van der Waals surface area contributed by atoms with Gasteiger partial charge in [0.05, 0.1) is 18.1 Å². The van der Waals surface area contributed by atoms with Crippen LogP contribution < -0.4 is 4.72 Å². The molecule has 0 unspecified atom stereocenters. The zero-order chi connectivity index (χ0) is 9.90. The van der Waals surface area contributed by atoms with E-state index in [1.807, 2.05) is 0 Å². The quantitative estimate of drug-likeness (QED) is 0.698. The van der Waals surface area contributed by atoms with Gasteiger partial charge in [-0.1, -0.05) is 5.92 Å². The Labute approximate surface area is 77.1 Å². The Kier molecular flexibility index (Phi) is 2.54. The van der Waals surface area contributed by atoms with Crippen LogP contribution in [0, 0.1) is 12.3 Å². The Balaban J connectivity index is 2.89. The number of hydrogen-bond donors (Lipinski definition) is 1. The summed E-state index contributed by atoms with van der Waals surface area (Å²) in [5, 5.41) is 0. The molecule has 0 fully saturated rings. The number of nitrogens with zero attached hydrogens (tertiary/aromatic N) is 1. The van der Waals surface area contributed by atoms with Crippen molar-refractivity contribution in [2.75, 3.05) is 11.0 Å². The zero-order valence-corrected chi connectivity index (χ0v) is 7.80. The fraction of sp³-hybridized carbons (Fsp3) is 0.125. The van der Waals surface area contributed by atoms with Gasteiger partial charge in [0.1, 0.15) is 5.69 Å². The Hall–Kier alpha value is -1.54. The third kappa shape index (κ3) is 3.13. The van der Waals surface area contributed by atoms with Gasteiger partial charge in [0.2, 0.25) is 10.0 Å². The number of sulfonamides is 1. The summed E-state index contributed by atoms with van der Waals surface area (Å²) in [5.41, 5.74) is 0.876. The van der Waals surface area contributed by atoms with Crippen LogP contribution in [0.4, 0.5) is 5.69 Å². The minimum atomic E-state index is -3.24. The number of aromatic nitrogens is 1. The third-order valence-corrected chi connectivity index (χ3v) is 1.82. The van der Waals surface area contributed by atoms with E-state index in [-0.39, 0.29) is 0 Å². The zero-order valence-electron chi connectivity index (χ0n) is 6.98. The molecule has 1 N–H and O–H groups in total.